The third-order valence-corrected chi connectivity index (χ3v) is 2.50. The molecule has 0 N–H and O–H groups in total. The topological polar surface area (TPSA) is 37.4 Å². The summed E-state index contributed by atoms with van der Waals surface area (Å²) in [5.41, 5.74) is 0. The van der Waals surface area contributed by atoms with Gasteiger partial charge in [0.15, 0.2) is 0 Å². The Morgan fingerprint density at radius 1 is 1.50 bits per heavy atom. The molecule has 1 saturated heterocycles. The van der Waals surface area contributed by atoms with Crippen molar-refractivity contribution in [1.29, 1.82) is 0 Å². The van der Waals surface area contributed by atoms with Gasteiger partial charge >= 0.3 is 0 Å². The molecule has 0 aromatic carbocycles. The van der Waals surface area contributed by atoms with E-state index >= 15 is 0 Å². The number of piperidine rings is 1. The second-order valence-electron chi connectivity index (χ2n) is 3.35. The second-order valence-corrected chi connectivity index (χ2v) is 3.35. The summed E-state index contributed by atoms with van der Waals surface area (Å²) in [6.07, 6.45) is 2.76. The molecule has 0 aromatic rings. The Morgan fingerprint density at radius 2 is 2.08 bits per heavy atom. The molecule has 0 bridgehead atoms. The Bertz CT molecular complexity index is 171. The molecular weight excluding hydrogens is 154 g/mol. The van der Waals surface area contributed by atoms with E-state index in [1.54, 1.807) is 6.92 Å². The van der Waals surface area contributed by atoms with Crippen LogP contribution in [0.25, 0.3) is 0 Å². The lowest BCUT2D eigenvalue weighted by atomic mass is 9.93. The van der Waals surface area contributed by atoms with Crippen molar-refractivity contribution < 1.29 is 9.59 Å². The Hall–Kier alpha value is -0.700. The van der Waals surface area contributed by atoms with E-state index in [1.165, 1.54) is 0 Å². The first-order valence-electron chi connectivity index (χ1n) is 4.40. The number of likely N-dealkylation sites (tertiary alicyclic amines) is 1. The summed E-state index contributed by atoms with van der Waals surface area (Å²) in [7, 11) is 0. The summed E-state index contributed by atoms with van der Waals surface area (Å²) in [5, 5.41) is 0. The Balaban J connectivity index is 2.29. The molecule has 0 unspecified atom stereocenters. The van der Waals surface area contributed by atoms with Gasteiger partial charge in [-0.05, 0) is 32.9 Å². The van der Waals surface area contributed by atoms with Crippen molar-refractivity contribution in [2.75, 3.05) is 19.6 Å². The molecule has 1 heterocycles. The van der Waals surface area contributed by atoms with Crippen molar-refractivity contribution >= 4 is 12.1 Å². The number of carbonyl (C=O) groups is 2. The molecule has 0 aliphatic carbocycles. The van der Waals surface area contributed by atoms with Crippen LogP contribution in [0.2, 0.25) is 0 Å². The number of hydrogen-bond acceptors (Lipinski definition) is 3. The highest BCUT2D eigenvalue weighted by Gasteiger charge is 2.21. The fraction of sp³-hybridized carbons (Fsp3) is 0.778. The molecule has 0 atom stereocenters. The van der Waals surface area contributed by atoms with Crippen LogP contribution in [0.15, 0.2) is 0 Å². The van der Waals surface area contributed by atoms with Gasteiger partial charge in [-0.15, -0.1) is 0 Å². The molecule has 0 amide bonds. The van der Waals surface area contributed by atoms with E-state index in [4.69, 9.17) is 0 Å². The van der Waals surface area contributed by atoms with Crippen LogP contribution in [0.4, 0.5) is 0 Å². The lowest BCUT2D eigenvalue weighted by Gasteiger charge is -2.28. The summed E-state index contributed by atoms with van der Waals surface area (Å²) in [6, 6.07) is 0. The molecule has 1 rings (SSSR count). The number of hydrogen-bond donors (Lipinski definition) is 0. The van der Waals surface area contributed by atoms with Gasteiger partial charge in [0.2, 0.25) is 0 Å². The minimum atomic E-state index is 0.243. The normalized spacial score (nSPS) is 20.8. The minimum Gasteiger partial charge on any atom is -0.302 e. The molecule has 3 nitrogen and oxygen atoms in total. The van der Waals surface area contributed by atoms with E-state index in [0.717, 1.165) is 32.2 Å². The third kappa shape index (κ3) is 2.41. The number of nitrogens with zero attached hydrogens (tertiary/aromatic N) is 1. The predicted octanol–water partition coefficient (Wildman–Crippen LogP) is 0.486. The van der Waals surface area contributed by atoms with Gasteiger partial charge in [-0.3, -0.25) is 9.69 Å². The number of Topliss-reactive ketones (excluding diaryl/α,β-unsaturated/α-hetero) is 1. The van der Waals surface area contributed by atoms with Gasteiger partial charge in [-0.25, -0.2) is 0 Å². The average molecular weight is 169 g/mol. The Morgan fingerprint density at radius 3 is 2.50 bits per heavy atom. The first kappa shape index (κ1) is 9.39. The maximum atomic E-state index is 11.0. The molecule has 0 saturated carbocycles. The molecule has 1 aliphatic heterocycles. The van der Waals surface area contributed by atoms with Crippen LogP contribution in [0, 0.1) is 5.92 Å². The van der Waals surface area contributed by atoms with Gasteiger partial charge in [-0.2, -0.15) is 0 Å². The Labute approximate surface area is 72.7 Å². The zero-order valence-electron chi connectivity index (χ0n) is 7.45. The molecule has 68 valence electrons. The first-order chi connectivity index (χ1) is 5.74. The van der Waals surface area contributed by atoms with Crippen molar-refractivity contribution in [2.45, 2.75) is 19.8 Å². The highest BCUT2D eigenvalue weighted by molar-refractivity contribution is 5.78. The first-order valence-corrected chi connectivity index (χ1v) is 4.40. The highest BCUT2D eigenvalue weighted by atomic mass is 16.1. The fourth-order valence-corrected chi connectivity index (χ4v) is 1.63. The van der Waals surface area contributed by atoms with Crippen LogP contribution < -0.4 is 0 Å². The van der Waals surface area contributed by atoms with Gasteiger partial charge < -0.3 is 4.79 Å². The number of ketones is 1. The largest absolute Gasteiger partial charge is 0.302 e. The standard InChI is InChI=1S/C9H15NO2/c1-8(12)9-2-4-10(5-3-9)6-7-11/h7,9H,2-6H2,1H3. The maximum Gasteiger partial charge on any atom is 0.133 e. The molecule has 3 heteroatoms. The van der Waals surface area contributed by atoms with Gasteiger partial charge in [-0.1, -0.05) is 0 Å². The molecule has 1 fully saturated rings. The van der Waals surface area contributed by atoms with E-state index < -0.39 is 0 Å². The zero-order valence-corrected chi connectivity index (χ0v) is 7.45. The monoisotopic (exact) mass is 169 g/mol. The van der Waals surface area contributed by atoms with Gasteiger partial charge in [0.05, 0.1) is 6.54 Å². The lowest BCUT2D eigenvalue weighted by Crippen LogP contribution is -2.36. The van der Waals surface area contributed by atoms with Crippen LogP contribution in [0.1, 0.15) is 19.8 Å². The number of rotatable bonds is 3. The van der Waals surface area contributed by atoms with E-state index in [0.29, 0.717) is 12.3 Å². The molecular formula is C9H15NO2. The quantitative estimate of drug-likeness (QED) is 0.577. The number of carbonyl (C=O) groups excluding carboxylic acids is 2. The van der Waals surface area contributed by atoms with Gasteiger partial charge in [0.1, 0.15) is 12.1 Å². The molecule has 12 heavy (non-hydrogen) atoms. The summed E-state index contributed by atoms with van der Waals surface area (Å²) >= 11 is 0. The summed E-state index contributed by atoms with van der Waals surface area (Å²) in [5.74, 6) is 0.536. The maximum absolute atomic E-state index is 11.0. The summed E-state index contributed by atoms with van der Waals surface area (Å²) in [4.78, 5) is 23.2. The predicted molar refractivity (Wildman–Crippen MR) is 45.9 cm³/mol. The van der Waals surface area contributed by atoms with Crippen LogP contribution in [0.5, 0.6) is 0 Å². The molecule has 1 aliphatic rings. The van der Waals surface area contributed by atoms with E-state index in [9.17, 15) is 9.59 Å². The molecule has 0 radical (unpaired) electrons. The summed E-state index contributed by atoms with van der Waals surface area (Å²) < 4.78 is 0. The Kier molecular flexibility index (Phi) is 3.41. The summed E-state index contributed by atoms with van der Waals surface area (Å²) in [6.45, 7) is 3.96. The van der Waals surface area contributed by atoms with E-state index in [2.05, 4.69) is 4.90 Å². The smallest absolute Gasteiger partial charge is 0.133 e. The molecule has 0 aromatic heterocycles. The number of aldehydes is 1. The third-order valence-electron chi connectivity index (χ3n) is 2.50. The zero-order chi connectivity index (χ0) is 8.97. The molecule has 0 spiro atoms. The van der Waals surface area contributed by atoms with Crippen LogP contribution in [0.3, 0.4) is 0 Å². The van der Waals surface area contributed by atoms with Crippen LogP contribution >= 0.6 is 0 Å². The van der Waals surface area contributed by atoms with Crippen LogP contribution in [-0.2, 0) is 9.59 Å². The van der Waals surface area contributed by atoms with Crippen LogP contribution in [-0.4, -0.2) is 36.6 Å². The van der Waals surface area contributed by atoms with Gasteiger partial charge in [0, 0.05) is 5.92 Å². The van der Waals surface area contributed by atoms with Crippen molar-refractivity contribution in [1.82, 2.24) is 4.90 Å². The fourth-order valence-electron chi connectivity index (χ4n) is 1.63. The lowest BCUT2D eigenvalue weighted by molar-refractivity contribution is -0.122. The highest BCUT2D eigenvalue weighted by Crippen LogP contribution is 2.16. The van der Waals surface area contributed by atoms with Crippen molar-refractivity contribution in [3.8, 4) is 0 Å². The van der Waals surface area contributed by atoms with Crippen molar-refractivity contribution in [3.05, 3.63) is 0 Å². The van der Waals surface area contributed by atoms with Gasteiger partial charge in [0.25, 0.3) is 0 Å². The SMILES string of the molecule is CC(=O)C1CCN(CC=O)CC1. The van der Waals surface area contributed by atoms with E-state index in [-0.39, 0.29) is 5.92 Å². The minimum absolute atomic E-state index is 0.243. The second kappa shape index (κ2) is 4.36. The van der Waals surface area contributed by atoms with Crippen molar-refractivity contribution in [3.63, 3.8) is 0 Å². The van der Waals surface area contributed by atoms with Crippen molar-refractivity contribution in [2.24, 2.45) is 5.92 Å². The average Bonchev–Trinajstić information content (AvgIpc) is 2.06. The van der Waals surface area contributed by atoms with E-state index in [1.807, 2.05) is 0 Å².